The number of methoxy groups -OCH3 is 1. The molecule has 9 nitrogen and oxygen atoms in total. The first-order valence-corrected chi connectivity index (χ1v) is 11.4. The second-order valence-corrected chi connectivity index (χ2v) is 9.04. The van der Waals surface area contributed by atoms with E-state index in [0.29, 0.717) is 10.6 Å². The second kappa shape index (κ2) is 9.49. The van der Waals surface area contributed by atoms with Gasteiger partial charge < -0.3 is 25.2 Å². The van der Waals surface area contributed by atoms with Crippen molar-refractivity contribution in [1.82, 2.24) is 10.6 Å². The van der Waals surface area contributed by atoms with Gasteiger partial charge >= 0.3 is 12.0 Å². The number of ether oxygens (including phenoxy) is 2. The molecule has 0 unspecified atom stereocenters. The number of aromatic hydroxyl groups is 1. The molecule has 1 aliphatic heterocycles. The summed E-state index contributed by atoms with van der Waals surface area (Å²) >= 11 is 5.83. The minimum Gasteiger partial charge on any atom is -0.504 e. The van der Waals surface area contributed by atoms with Crippen LogP contribution in [0.25, 0.3) is 0 Å². The zero-order valence-corrected chi connectivity index (χ0v) is 18.7. The number of rotatable bonds is 6. The predicted octanol–water partition coefficient (Wildman–Crippen LogP) is 2.90. The molecule has 1 heterocycles. The summed E-state index contributed by atoms with van der Waals surface area (Å²) in [6.07, 6.45) is 0. The first-order chi connectivity index (χ1) is 15.2. The summed E-state index contributed by atoms with van der Waals surface area (Å²) in [5.74, 6) is -1.96. The average molecular weight is 481 g/mol. The Kier molecular flexibility index (Phi) is 6.95. The topological polar surface area (TPSA) is 131 Å². The largest absolute Gasteiger partial charge is 0.504 e. The van der Waals surface area contributed by atoms with Crippen molar-refractivity contribution in [3.8, 4) is 11.5 Å². The number of halogens is 1. The summed E-state index contributed by atoms with van der Waals surface area (Å²) in [5.41, 5.74) is 0.251. The van der Waals surface area contributed by atoms with Crippen LogP contribution < -0.4 is 15.4 Å². The van der Waals surface area contributed by atoms with Crippen molar-refractivity contribution in [2.45, 2.75) is 17.9 Å². The number of urea groups is 1. The van der Waals surface area contributed by atoms with Gasteiger partial charge in [0.05, 0.1) is 30.1 Å². The number of hydrogen-bond acceptors (Lipinski definition) is 7. The lowest BCUT2D eigenvalue weighted by Crippen LogP contribution is -2.51. The Hall–Kier alpha value is -3.24. The maximum absolute atomic E-state index is 12.9. The fraction of sp³-hybridized carbons (Fsp3) is 0.238. The van der Waals surface area contributed by atoms with E-state index in [0.717, 1.165) is 5.41 Å². The van der Waals surface area contributed by atoms with E-state index in [1.807, 2.05) is 0 Å². The van der Waals surface area contributed by atoms with Crippen LogP contribution in [0.1, 0.15) is 18.5 Å². The highest BCUT2D eigenvalue weighted by atomic mass is 35.5. The Balaban J connectivity index is 2.11. The van der Waals surface area contributed by atoms with E-state index in [1.165, 1.54) is 49.6 Å². The highest BCUT2D eigenvalue weighted by Gasteiger charge is 2.41. The van der Waals surface area contributed by atoms with Crippen LogP contribution in [0.5, 0.6) is 11.5 Å². The second-order valence-electron chi connectivity index (χ2n) is 6.81. The Morgan fingerprint density at radius 1 is 1.22 bits per heavy atom. The molecule has 2 atom stereocenters. The average Bonchev–Trinajstić information content (AvgIpc) is 2.73. The number of carbonyl (C=O) groups is 2. The number of hydrogen-bond donors (Lipinski definition) is 3. The molecule has 1 fully saturated rings. The number of amides is 2. The van der Waals surface area contributed by atoms with Crippen molar-refractivity contribution in [3.05, 3.63) is 64.2 Å². The van der Waals surface area contributed by atoms with Crippen LogP contribution >= 0.6 is 11.6 Å². The molecule has 2 aromatic carbocycles. The van der Waals surface area contributed by atoms with Gasteiger partial charge in [0.15, 0.2) is 11.5 Å². The third-order valence-electron chi connectivity index (χ3n) is 4.74. The molecule has 2 aromatic rings. The molecule has 32 heavy (non-hydrogen) atoms. The Morgan fingerprint density at radius 2 is 1.91 bits per heavy atom. The zero-order chi connectivity index (χ0) is 23.5. The fourth-order valence-electron chi connectivity index (χ4n) is 3.27. The molecule has 3 rings (SSSR count). The van der Waals surface area contributed by atoms with E-state index < -0.39 is 33.8 Å². The molecule has 2 amide bonds. The number of esters is 1. The fourth-order valence-corrected chi connectivity index (χ4v) is 4.59. The van der Waals surface area contributed by atoms with Gasteiger partial charge in [-0.2, -0.15) is 0 Å². The molecular weight excluding hydrogens is 460 g/mol. The number of phenols is 1. The van der Waals surface area contributed by atoms with Gasteiger partial charge in [-0.25, -0.2) is 13.2 Å². The molecule has 0 saturated carbocycles. The normalized spacial score (nSPS) is 19.7. The first-order valence-electron chi connectivity index (χ1n) is 9.49. The molecule has 0 aromatic heterocycles. The van der Waals surface area contributed by atoms with E-state index in [2.05, 4.69) is 10.6 Å². The molecule has 1 aliphatic rings. The molecule has 1 saturated heterocycles. The Bertz CT molecular complexity index is 1160. The van der Waals surface area contributed by atoms with Gasteiger partial charge in [-0.05, 0) is 48.9 Å². The van der Waals surface area contributed by atoms with E-state index in [1.54, 1.807) is 6.92 Å². The predicted molar refractivity (Wildman–Crippen MR) is 116 cm³/mol. The summed E-state index contributed by atoms with van der Waals surface area (Å²) in [7, 11) is -2.69. The highest BCUT2D eigenvalue weighted by Crippen LogP contribution is 2.36. The van der Waals surface area contributed by atoms with Gasteiger partial charge in [0.25, 0.3) is 0 Å². The van der Waals surface area contributed by atoms with Crippen molar-refractivity contribution < 1.29 is 32.6 Å². The van der Waals surface area contributed by atoms with Crippen molar-refractivity contribution in [3.63, 3.8) is 0 Å². The van der Waals surface area contributed by atoms with Gasteiger partial charge in [0.2, 0.25) is 9.84 Å². The van der Waals surface area contributed by atoms with Gasteiger partial charge in [-0.15, -0.1) is 0 Å². The minimum atomic E-state index is -4.04. The Morgan fingerprint density at radius 3 is 2.53 bits per heavy atom. The summed E-state index contributed by atoms with van der Waals surface area (Å²) < 4.78 is 36.1. The molecule has 0 radical (unpaired) electrons. The monoisotopic (exact) mass is 480 g/mol. The number of benzene rings is 2. The lowest BCUT2D eigenvalue weighted by atomic mass is 9.89. The number of nitrogens with one attached hydrogen (secondary N) is 2. The van der Waals surface area contributed by atoms with Crippen LogP contribution in [-0.2, 0) is 19.4 Å². The molecule has 11 heteroatoms. The van der Waals surface area contributed by atoms with Crippen LogP contribution in [0.2, 0.25) is 5.02 Å². The summed E-state index contributed by atoms with van der Waals surface area (Å²) in [6, 6.07) is 8.07. The standard InChI is InChI=1S/C21H21ClN2O7S/c1-3-31-20(26)18-15(11-32(28,29)14-7-5-13(22)6-8-14)23-21(27)24-19(18)12-4-9-16(25)17(10-12)30-2/h4-11,18-19,25H,3H2,1-2H3,(H2,23,24,27)/b15-11+/t18-,19-/m1/s1. The van der Waals surface area contributed by atoms with Crippen LogP contribution in [0.15, 0.2) is 58.5 Å². The molecule has 0 bridgehead atoms. The van der Waals surface area contributed by atoms with Crippen LogP contribution in [0, 0.1) is 5.92 Å². The van der Waals surface area contributed by atoms with Crippen molar-refractivity contribution in [2.75, 3.05) is 13.7 Å². The molecule has 0 aliphatic carbocycles. The zero-order valence-electron chi connectivity index (χ0n) is 17.2. The summed E-state index contributed by atoms with van der Waals surface area (Å²) in [6.45, 7) is 1.66. The quantitative estimate of drug-likeness (QED) is 0.542. The third kappa shape index (κ3) is 4.97. The third-order valence-corrected chi connectivity index (χ3v) is 6.49. The maximum Gasteiger partial charge on any atom is 0.319 e. The summed E-state index contributed by atoms with van der Waals surface area (Å²) in [5, 5.41) is 16.1. The van der Waals surface area contributed by atoms with E-state index >= 15 is 0 Å². The van der Waals surface area contributed by atoms with Crippen LogP contribution in [0.4, 0.5) is 4.79 Å². The number of phenolic OH excluding ortho intramolecular Hbond substituents is 1. The van der Waals surface area contributed by atoms with E-state index in [-0.39, 0.29) is 28.7 Å². The van der Waals surface area contributed by atoms with Gasteiger partial charge in [0.1, 0.15) is 5.92 Å². The van der Waals surface area contributed by atoms with Crippen LogP contribution in [-0.4, -0.2) is 39.2 Å². The molecule has 3 N–H and O–H groups in total. The lowest BCUT2D eigenvalue weighted by molar-refractivity contribution is -0.147. The molecule has 0 spiro atoms. The molecule has 170 valence electrons. The van der Waals surface area contributed by atoms with Crippen LogP contribution in [0.3, 0.4) is 0 Å². The van der Waals surface area contributed by atoms with Gasteiger partial charge in [0, 0.05) is 10.7 Å². The van der Waals surface area contributed by atoms with E-state index in [4.69, 9.17) is 21.1 Å². The van der Waals surface area contributed by atoms with Crippen molar-refractivity contribution in [1.29, 1.82) is 0 Å². The molecular formula is C21H21ClN2O7S. The van der Waals surface area contributed by atoms with Crippen molar-refractivity contribution >= 4 is 33.4 Å². The SMILES string of the molecule is CCOC(=O)[C@@H]1/C(=C\S(=O)(=O)c2ccc(Cl)cc2)NC(=O)N[C@@H]1c1ccc(O)c(OC)c1. The van der Waals surface area contributed by atoms with Crippen molar-refractivity contribution in [2.24, 2.45) is 5.92 Å². The number of sulfone groups is 1. The highest BCUT2D eigenvalue weighted by molar-refractivity contribution is 7.94. The maximum atomic E-state index is 12.9. The Labute approximate surface area is 189 Å². The lowest BCUT2D eigenvalue weighted by Gasteiger charge is -2.33. The van der Waals surface area contributed by atoms with E-state index in [9.17, 15) is 23.1 Å². The summed E-state index contributed by atoms with van der Waals surface area (Å²) in [4.78, 5) is 25.1. The van der Waals surface area contributed by atoms with Gasteiger partial charge in [-0.3, -0.25) is 4.79 Å². The number of carbonyl (C=O) groups excluding carboxylic acids is 2. The minimum absolute atomic E-state index is 0.0477. The first kappa shape index (κ1) is 23.4. The smallest absolute Gasteiger partial charge is 0.319 e. The van der Waals surface area contributed by atoms with Gasteiger partial charge in [-0.1, -0.05) is 17.7 Å².